The van der Waals surface area contributed by atoms with Crippen LogP contribution in [0.4, 0.5) is 5.82 Å². The topological polar surface area (TPSA) is 79.0 Å². The number of benzene rings is 1. The second kappa shape index (κ2) is 6.69. The lowest BCUT2D eigenvalue weighted by molar-refractivity contribution is 0.126. The third-order valence-corrected chi connectivity index (χ3v) is 6.00. The molecule has 3 aromatic rings. The van der Waals surface area contributed by atoms with E-state index < -0.39 is 0 Å². The summed E-state index contributed by atoms with van der Waals surface area (Å²) in [4.78, 5) is 11.4. The number of fused-ring (bicyclic) bond motifs is 1. The van der Waals surface area contributed by atoms with E-state index >= 15 is 0 Å². The fourth-order valence-electron chi connectivity index (χ4n) is 4.30. The molecule has 2 aliphatic heterocycles. The first-order valence-corrected chi connectivity index (χ1v) is 10.4. The smallest absolute Gasteiger partial charge is 0.132 e. The molecule has 2 aromatic heterocycles. The van der Waals surface area contributed by atoms with Crippen molar-refractivity contribution in [3.8, 4) is 17.1 Å². The van der Waals surface area contributed by atoms with Gasteiger partial charge < -0.3 is 15.0 Å². The molecule has 0 saturated carbocycles. The van der Waals surface area contributed by atoms with Crippen LogP contribution in [0.25, 0.3) is 22.3 Å². The standard InChI is InChI=1S/C22H28N6O/c1-21(2,3)29-15-4-5-17-16(10-15)20(27-26-17)18-11-19(25-14-24-18)28-8-6-22(7-9-28)12-23-13-22/h4-5,10-11,14,23H,6-9,12-13H2,1-3H3,(H,26,27). The van der Waals surface area contributed by atoms with Crippen LogP contribution in [0.1, 0.15) is 33.6 Å². The normalized spacial score (nSPS) is 18.8. The van der Waals surface area contributed by atoms with Crippen molar-refractivity contribution in [2.75, 3.05) is 31.1 Å². The van der Waals surface area contributed by atoms with Crippen molar-refractivity contribution < 1.29 is 4.74 Å². The van der Waals surface area contributed by atoms with Gasteiger partial charge in [-0.3, -0.25) is 5.10 Å². The average molecular weight is 393 g/mol. The van der Waals surface area contributed by atoms with Gasteiger partial charge in [0.2, 0.25) is 0 Å². The Bertz CT molecular complexity index is 1020. The molecule has 2 saturated heterocycles. The van der Waals surface area contributed by atoms with Gasteiger partial charge in [0.15, 0.2) is 0 Å². The van der Waals surface area contributed by atoms with Gasteiger partial charge in [0.05, 0.1) is 11.2 Å². The summed E-state index contributed by atoms with van der Waals surface area (Å²) >= 11 is 0. The molecule has 29 heavy (non-hydrogen) atoms. The first kappa shape index (κ1) is 18.4. The Labute approximate surface area is 170 Å². The zero-order valence-electron chi connectivity index (χ0n) is 17.3. The number of rotatable bonds is 3. The second-order valence-electron chi connectivity index (χ2n) is 9.35. The van der Waals surface area contributed by atoms with E-state index in [4.69, 9.17) is 4.74 Å². The van der Waals surface area contributed by atoms with Crippen LogP contribution in [0.2, 0.25) is 0 Å². The molecule has 0 aliphatic carbocycles. The van der Waals surface area contributed by atoms with Crippen LogP contribution < -0.4 is 15.0 Å². The van der Waals surface area contributed by atoms with Crippen LogP contribution in [0.5, 0.6) is 5.75 Å². The minimum absolute atomic E-state index is 0.249. The molecular formula is C22H28N6O. The van der Waals surface area contributed by atoms with Gasteiger partial charge in [0.25, 0.3) is 0 Å². The Morgan fingerprint density at radius 3 is 2.55 bits per heavy atom. The summed E-state index contributed by atoms with van der Waals surface area (Å²) in [5.74, 6) is 1.81. The molecule has 0 atom stereocenters. The molecule has 152 valence electrons. The molecule has 7 heteroatoms. The van der Waals surface area contributed by atoms with Crippen molar-refractivity contribution in [1.29, 1.82) is 0 Å². The predicted octanol–water partition coefficient (Wildman–Crippen LogP) is 3.39. The van der Waals surface area contributed by atoms with Gasteiger partial charge in [0, 0.05) is 37.6 Å². The molecule has 1 spiro atoms. The van der Waals surface area contributed by atoms with Crippen molar-refractivity contribution in [1.82, 2.24) is 25.5 Å². The van der Waals surface area contributed by atoms with E-state index in [9.17, 15) is 0 Å². The fraction of sp³-hybridized carbons (Fsp3) is 0.500. The lowest BCUT2D eigenvalue weighted by Crippen LogP contribution is -2.58. The summed E-state index contributed by atoms with van der Waals surface area (Å²) in [6, 6.07) is 8.07. The number of hydrogen-bond donors (Lipinski definition) is 2. The molecule has 2 N–H and O–H groups in total. The van der Waals surface area contributed by atoms with Gasteiger partial charge in [-0.1, -0.05) is 0 Å². The molecule has 0 unspecified atom stereocenters. The highest BCUT2D eigenvalue weighted by molar-refractivity contribution is 5.93. The third-order valence-electron chi connectivity index (χ3n) is 6.00. The minimum atomic E-state index is -0.249. The number of H-pyrrole nitrogens is 1. The number of ether oxygens (including phenoxy) is 1. The van der Waals surface area contributed by atoms with E-state index in [1.165, 1.54) is 12.8 Å². The maximum atomic E-state index is 6.04. The van der Waals surface area contributed by atoms with Gasteiger partial charge in [-0.05, 0) is 57.2 Å². The molecular weight excluding hydrogens is 364 g/mol. The van der Waals surface area contributed by atoms with E-state index in [0.29, 0.717) is 5.41 Å². The number of hydrogen-bond acceptors (Lipinski definition) is 6. The lowest BCUT2D eigenvalue weighted by atomic mass is 9.73. The monoisotopic (exact) mass is 392 g/mol. The van der Waals surface area contributed by atoms with E-state index in [1.54, 1.807) is 6.33 Å². The number of aromatic amines is 1. The van der Waals surface area contributed by atoms with Gasteiger partial charge in [0.1, 0.15) is 29.2 Å². The number of piperidine rings is 1. The Hall–Kier alpha value is -2.67. The predicted molar refractivity (Wildman–Crippen MR) is 114 cm³/mol. The molecule has 0 radical (unpaired) electrons. The first-order chi connectivity index (χ1) is 13.9. The second-order valence-corrected chi connectivity index (χ2v) is 9.35. The van der Waals surface area contributed by atoms with Crippen molar-refractivity contribution in [3.05, 3.63) is 30.6 Å². The number of aromatic nitrogens is 4. The SMILES string of the molecule is CC(C)(C)Oc1ccc2[nH]nc(-c3cc(N4CCC5(CC4)CNC5)ncn3)c2c1. The highest BCUT2D eigenvalue weighted by Gasteiger charge is 2.39. The summed E-state index contributed by atoms with van der Waals surface area (Å²) in [5, 5.41) is 12.1. The number of nitrogens with one attached hydrogen (secondary N) is 2. The van der Waals surface area contributed by atoms with E-state index in [-0.39, 0.29) is 5.60 Å². The summed E-state index contributed by atoms with van der Waals surface area (Å²) < 4.78 is 6.04. The minimum Gasteiger partial charge on any atom is -0.488 e. The summed E-state index contributed by atoms with van der Waals surface area (Å²) in [6.07, 6.45) is 4.09. The van der Waals surface area contributed by atoms with Crippen molar-refractivity contribution in [3.63, 3.8) is 0 Å². The van der Waals surface area contributed by atoms with E-state index in [1.807, 2.05) is 39.0 Å². The maximum absolute atomic E-state index is 6.04. The van der Waals surface area contributed by atoms with Crippen LogP contribution in [0, 0.1) is 5.41 Å². The average Bonchev–Trinajstić information content (AvgIpc) is 3.09. The van der Waals surface area contributed by atoms with Gasteiger partial charge in [-0.25, -0.2) is 9.97 Å². The molecule has 1 aromatic carbocycles. The summed E-state index contributed by atoms with van der Waals surface area (Å²) in [5.41, 5.74) is 2.91. The highest BCUT2D eigenvalue weighted by Crippen LogP contribution is 2.37. The molecule has 2 fully saturated rings. The van der Waals surface area contributed by atoms with Crippen LogP contribution in [0.3, 0.4) is 0 Å². The molecule has 0 amide bonds. The first-order valence-electron chi connectivity index (χ1n) is 10.4. The van der Waals surface area contributed by atoms with Crippen LogP contribution >= 0.6 is 0 Å². The lowest BCUT2D eigenvalue weighted by Gasteiger charge is -2.48. The molecule has 4 heterocycles. The molecule has 5 rings (SSSR count). The Morgan fingerprint density at radius 1 is 1.07 bits per heavy atom. The van der Waals surface area contributed by atoms with Gasteiger partial charge in [-0.2, -0.15) is 5.10 Å². The quantitative estimate of drug-likeness (QED) is 0.711. The van der Waals surface area contributed by atoms with Crippen molar-refractivity contribution in [2.24, 2.45) is 5.41 Å². The summed E-state index contributed by atoms with van der Waals surface area (Å²) in [6.45, 7) is 10.6. The molecule has 0 bridgehead atoms. The van der Waals surface area contributed by atoms with Crippen LogP contribution in [0.15, 0.2) is 30.6 Å². The molecule has 7 nitrogen and oxygen atoms in total. The summed E-state index contributed by atoms with van der Waals surface area (Å²) in [7, 11) is 0. The zero-order chi connectivity index (χ0) is 20.1. The van der Waals surface area contributed by atoms with Gasteiger partial charge in [-0.15, -0.1) is 0 Å². The zero-order valence-corrected chi connectivity index (χ0v) is 17.3. The Balaban J connectivity index is 1.43. The largest absolute Gasteiger partial charge is 0.488 e. The van der Waals surface area contributed by atoms with Crippen LogP contribution in [-0.2, 0) is 0 Å². The number of nitrogens with zero attached hydrogens (tertiary/aromatic N) is 4. The highest BCUT2D eigenvalue weighted by atomic mass is 16.5. The number of anilines is 1. The van der Waals surface area contributed by atoms with E-state index in [0.717, 1.165) is 60.0 Å². The Kier molecular flexibility index (Phi) is 4.24. The van der Waals surface area contributed by atoms with Crippen molar-refractivity contribution in [2.45, 2.75) is 39.2 Å². The Morgan fingerprint density at radius 2 is 1.86 bits per heavy atom. The van der Waals surface area contributed by atoms with Gasteiger partial charge >= 0.3 is 0 Å². The van der Waals surface area contributed by atoms with Crippen LogP contribution in [-0.4, -0.2) is 51.9 Å². The van der Waals surface area contributed by atoms with Crippen molar-refractivity contribution >= 4 is 16.7 Å². The van der Waals surface area contributed by atoms with E-state index in [2.05, 4.69) is 36.4 Å². The fourth-order valence-corrected chi connectivity index (χ4v) is 4.30. The third kappa shape index (κ3) is 3.55. The maximum Gasteiger partial charge on any atom is 0.132 e. The molecule has 2 aliphatic rings.